The van der Waals surface area contributed by atoms with E-state index in [-0.39, 0.29) is 22.0 Å². The number of Topliss-reactive ketones (excluding diaryl/α,β-unsaturated/α-hetero) is 1. The predicted molar refractivity (Wildman–Crippen MR) is 72.3 cm³/mol. The highest BCUT2D eigenvalue weighted by atomic mass is 35.5. The van der Waals surface area contributed by atoms with E-state index in [1.165, 1.54) is 12.1 Å². The summed E-state index contributed by atoms with van der Waals surface area (Å²) in [5.41, 5.74) is 0.673. The van der Waals surface area contributed by atoms with Crippen molar-refractivity contribution in [3.05, 3.63) is 34.6 Å². The Bertz CT molecular complexity index is 412. The molecule has 0 amide bonds. The molecule has 1 rings (SSSR count). The van der Waals surface area contributed by atoms with Gasteiger partial charge in [-0.25, -0.2) is 4.39 Å². The second-order valence-corrected chi connectivity index (χ2v) is 7.07. The van der Waals surface area contributed by atoms with Gasteiger partial charge < -0.3 is 0 Å². The molecule has 0 aliphatic carbocycles. The number of thioether (sulfide) groups is 1. The number of benzene rings is 1. The normalized spacial score (nSPS) is 11.6. The minimum Gasteiger partial charge on any atom is -0.298 e. The Kier molecular flexibility index (Phi) is 5.02. The molecule has 0 N–H and O–H groups in total. The number of hydrogen-bond donors (Lipinski definition) is 0. The van der Waals surface area contributed by atoms with Crippen molar-refractivity contribution < 1.29 is 9.18 Å². The molecule has 0 aliphatic rings. The fraction of sp³-hybridized carbons (Fsp3) is 0.462. The fourth-order valence-electron chi connectivity index (χ4n) is 1.23. The van der Waals surface area contributed by atoms with E-state index >= 15 is 0 Å². The van der Waals surface area contributed by atoms with Gasteiger partial charge >= 0.3 is 0 Å². The van der Waals surface area contributed by atoms with Crippen molar-refractivity contribution >= 4 is 29.1 Å². The Morgan fingerprint density at radius 3 is 2.59 bits per heavy atom. The van der Waals surface area contributed by atoms with Gasteiger partial charge in [0.1, 0.15) is 11.6 Å². The summed E-state index contributed by atoms with van der Waals surface area (Å²) in [7, 11) is 0. The minimum absolute atomic E-state index is 0.0703. The molecule has 0 unspecified atom stereocenters. The van der Waals surface area contributed by atoms with E-state index < -0.39 is 5.82 Å². The standard InChI is InChI=1S/C13H16ClFOS/c1-13(2,3)17-8-10(16)6-9-4-5-11(14)12(15)7-9/h4-5,7H,6,8H2,1-3H3. The van der Waals surface area contributed by atoms with Gasteiger partial charge in [-0.15, -0.1) is 11.8 Å². The van der Waals surface area contributed by atoms with Gasteiger partial charge in [0.15, 0.2) is 0 Å². The summed E-state index contributed by atoms with van der Waals surface area (Å²) in [6.45, 7) is 6.19. The van der Waals surface area contributed by atoms with Gasteiger partial charge in [0, 0.05) is 11.2 Å². The summed E-state index contributed by atoms with van der Waals surface area (Å²) in [4.78, 5) is 11.7. The number of carbonyl (C=O) groups excluding carboxylic acids is 1. The van der Waals surface area contributed by atoms with Gasteiger partial charge in [0.2, 0.25) is 0 Å². The lowest BCUT2D eigenvalue weighted by Crippen LogP contribution is -2.14. The Morgan fingerprint density at radius 2 is 2.06 bits per heavy atom. The molecule has 0 aliphatic heterocycles. The SMILES string of the molecule is CC(C)(C)SCC(=O)Cc1ccc(Cl)c(F)c1. The first-order valence-corrected chi connectivity index (χ1v) is 6.74. The molecule has 0 saturated carbocycles. The molecule has 4 heteroatoms. The molecule has 1 aromatic carbocycles. The van der Waals surface area contributed by atoms with Crippen molar-refractivity contribution in [3.8, 4) is 0 Å². The van der Waals surface area contributed by atoms with Crippen molar-refractivity contribution in [3.63, 3.8) is 0 Å². The zero-order valence-corrected chi connectivity index (χ0v) is 11.8. The third-order valence-corrected chi connectivity index (χ3v) is 3.69. The first kappa shape index (κ1) is 14.5. The Hall–Kier alpha value is -0.540. The van der Waals surface area contributed by atoms with Crippen molar-refractivity contribution in [2.75, 3.05) is 5.75 Å². The van der Waals surface area contributed by atoms with Crippen LogP contribution in [0.15, 0.2) is 18.2 Å². The third-order valence-electron chi connectivity index (χ3n) is 2.05. The van der Waals surface area contributed by atoms with Crippen LogP contribution < -0.4 is 0 Å². The van der Waals surface area contributed by atoms with Gasteiger partial charge in [-0.3, -0.25) is 4.79 Å². The van der Waals surface area contributed by atoms with E-state index in [9.17, 15) is 9.18 Å². The maximum Gasteiger partial charge on any atom is 0.147 e. The second-order valence-electron chi connectivity index (χ2n) is 4.86. The van der Waals surface area contributed by atoms with Crippen molar-refractivity contribution in [2.24, 2.45) is 0 Å². The van der Waals surface area contributed by atoms with Crippen LogP contribution in [0.4, 0.5) is 4.39 Å². The molecule has 0 radical (unpaired) electrons. The molecular weight excluding hydrogens is 259 g/mol. The molecular formula is C13H16ClFOS. The van der Waals surface area contributed by atoms with Crippen LogP contribution in [-0.4, -0.2) is 16.3 Å². The largest absolute Gasteiger partial charge is 0.298 e. The van der Waals surface area contributed by atoms with E-state index in [0.717, 1.165) is 0 Å². The number of rotatable bonds is 4. The first-order chi connectivity index (χ1) is 7.78. The lowest BCUT2D eigenvalue weighted by molar-refractivity contribution is -0.116. The van der Waals surface area contributed by atoms with Crippen molar-refractivity contribution in [1.29, 1.82) is 0 Å². The van der Waals surface area contributed by atoms with E-state index in [0.29, 0.717) is 11.3 Å². The van der Waals surface area contributed by atoms with E-state index in [1.807, 2.05) is 0 Å². The molecule has 0 heterocycles. The summed E-state index contributed by atoms with van der Waals surface area (Å²) in [5, 5.41) is 0.0882. The summed E-state index contributed by atoms with van der Waals surface area (Å²) in [6, 6.07) is 4.49. The van der Waals surface area contributed by atoms with Crippen LogP contribution in [0.25, 0.3) is 0 Å². The summed E-state index contributed by atoms with van der Waals surface area (Å²) in [6.07, 6.45) is 0.261. The maximum absolute atomic E-state index is 13.2. The monoisotopic (exact) mass is 274 g/mol. The van der Waals surface area contributed by atoms with Crippen LogP contribution in [0.1, 0.15) is 26.3 Å². The average molecular weight is 275 g/mol. The topological polar surface area (TPSA) is 17.1 Å². The number of halogens is 2. The van der Waals surface area contributed by atoms with E-state index in [4.69, 9.17) is 11.6 Å². The Balaban J connectivity index is 2.54. The summed E-state index contributed by atoms with van der Waals surface area (Å²) >= 11 is 7.17. The van der Waals surface area contributed by atoms with E-state index in [1.54, 1.807) is 17.8 Å². The zero-order valence-electron chi connectivity index (χ0n) is 10.2. The molecule has 0 aromatic heterocycles. The first-order valence-electron chi connectivity index (χ1n) is 5.37. The highest BCUT2D eigenvalue weighted by molar-refractivity contribution is 8.01. The molecule has 0 saturated heterocycles. The number of hydrogen-bond acceptors (Lipinski definition) is 2. The Labute approximate surface area is 111 Å². The van der Waals surface area contributed by atoms with Crippen LogP contribution in [0.3, 0.4) is 0 Å². The van der Waals surface area contributed by atoms with Gasteiger partial charge in [-0.2, -0.15) is 0 Å². The van der Waals surface area contributed by atoms with Crippen LogP contribution >= 0.6 is 23.4 Å². The second kappa shape index (κ2) is 5.87. The summed E-state index contributed by atoms with van der Waals surface area (Å²) < 4.78 is 13.2. The minimum atomic E-state index is -0.472. The number of carbonyl (C=O) groups is 1. The lowest BCUT2D eigenvalue weighted by Gasteiger charge is -2.16. The number of ketones is 1. The van der Waals surface area contributed by atoms with Crippen molar-refractivity contribution in [2.45, 2.75) is 31.9 Å². The smallest absolute Gasteiger partial charge is 0.147 e. The molecule has 1 aromatic rings. The maximum atomic E-state index is 13.2. The quantitative estimate of drug-likeness (QED) is 0.821. The molecule has 0 atom stereocenters. The predicted octanol–water partition coefficient (Wildman–Crippen LogP) is 4.12. The molecule has 1 nitrogen and oxygen atoms in total. The molecule has 0 bridgehead atoms. The van der Waals surface area contributed by atoms with E-state index in [2.05, 4.69) is 20.8 Å². The van der Waals surface area contributed by atoms with Crippen LogP contribution in [0, 0.1) is 5.82 Å². The highest BCUT2D eigenvalue weighted by Crippen LogP contribution is 2.23. The van der Waals surface area contributed by atoms with Crippen LogP contribution in [0.5, 0.6) is 0 Å². The molecule has 0 spiro atoms. The molecule has 94 valence electrons. The molecule has 17 heavy (non-hydrogen) atoms. The lowest BCUT2D eigenvalue weighted by atomic mass is 10.1. The average Bonchev–Trinajstić information content (AvgIpc) is 2.20. The van der Waals surface area contributed by atoms with Gasteiger partial charge in [0.05, 0.1) is 10.8 Å². The highest BCUT2D eigenvalue weighted by Gasteiger charge is 2.14. The third kappa shape index (κ3) is 5.55. The zero-order chi connectivity index (χ0) is 13.1. The van der Waals surface area contributed by atoms with Crippen LogP contribution in [-0.2, 0) is 11.2 Å². The van der Waals surface area contributed by atoms with Gasteiger partial charge in [0.25, 0.3) is 0 Å². The van der Waals surface area contributed by atoms with Gasteiger partial charge in [-0.1, -0.05) is 38.4 Å². The van der Waals surface area contributed by atoms with Crippen molar-refractivity contribution in [1.82, 2.24) is 0 Å². The fourth-order valence-corrected chi connectivity index (χ4v) is 2.04. The molecule has 0 fully saturated rings. The summed E-state index contributed by atoms with van der Waals surface area (Å²) in [5.74, 6) is 0.0837. The van der Waals surface area contributed by atoms with Crippen LogP contribution in [0.2, 0.25) is 5.02 Å². The Morgan fingerprint density at radius 1 is 1.41 bits per heavy atom. The van der Waals surface area contributed by atoms with Gasteiger partial charge in [-0.05, 0) is 17.7 Å².